The number of nitrogens with two attached hydrogens (primary N) is 1. The molecule has 6 heteroatoms. The van der Waals surface area contributed by atoms with Crippen LogP contribution in [0, 0.1) is 5.82 Å². The van der Waals surface area contributed by atoms with Crippen molar-refractivity contribution in [2.24, 2.45) is 5.73 Å². The first-order chi connectivity index (χ1) is 9.10. The molecule has 0 saturated heterocycles. The van der Waals surface area contributed by atoms with E-state index in [1.165, 1.54) is 6.07 Å². The fourth-order valence-corrected chi connectivity index (χ4v) is 1.80. The third kappa shape index (κ3) is 3.95. The Morgan fingerprint density at radius 3 is 2.70 bits per heavy atom. The van der Waals surface area contributed by atoms with Crippen LogP contribution in [0.25, 0.3) is 11.1 Å². The molecular formula is C14H19ClFN3O. The van der Waals surface area contributed by atoms with Gasteiger partial charge in [-0.3, -0.25) is 4.68 Å². The van der Waals surface area contributed by atoms with Crippen LogP contribution in [0.5, 0.6) is 5.75 Å². The van der Waals surface area contributed by atoms with Crippen molar-refractivity contribution in [3.05, 3.63) is 36.4 Å². The fraction of sp³-hybridized carbons (Fsp3) is 0.357. The highest BCUT2D eigenvalue weighted by Crippen LogP contribution is 2.25. The largest absolute Gasteiger partial charge is 0.488 e. The maximum absolute atomic E-state index is 13.9. The molecule has 0 fully saturated rings. The van der Waals surface area contributed by atoms with Crippen LogP contribution in [-0.2, 0) is 6.54 Å². The van der Waals surface area contributed by atoms with E-state index < -0.39 is 0 Å². The van der Waals surface area contributed by atoms with Crippen LogP contribution in [0.15, 0.2) is 30.6 Å². The zero-order valence-electron chi connectivity index (χ0n) is 11.5. The number of benzene rings is 1. The van der Waals surface area contributed by atoms with Gasteiger partial charge in [0.25, 0.3) is 0 Å². The zero-order valence-corrected chi connectivity index (χ0v) is 12.4. The van der Waals surface area contributed by atoms with E-state index in [2.05, 4.69) is 5.10 Å². The second-order valence-corrected chi connectivity index (χ2v) is 4.59. The monoisotopic (exact) mass is 299 g/mol. The molecule has 1 heterocycles. The summed E-state index contributed by atoms with van der Waals surface area (Å²) in [6.07, 6.45) is 3.51. The Morgan fingerprint density at radius 1 is 1.35 bits per heavy atom. The molecule has 0 unspecified atom stereocenters. The van der Waals surface area contributed by atoms with Crippen LogP contribution in [0.1, 0.15) is 13.8 Å². The lowest BCUT2D eigenvalue weighted by Gasteiger charge is -2.11. The Balaban J connectivity index is 0.00000200. The standard InChI is InChI=1S/C14H18FN3O.ClH/c1-10(2)19-14-4-3-11(7-13(14)15)12-8-17-18(9-12)6-5-16;/h3-4,7-10H,5-6,16H2,1-2H3;1H. The first-order valence-corrected chi connectivity index (χ1v) is 6.29. The number of ether oxygens (including phenoxy) is 1. The molecule has 0 aliphatic rings. The first kappa shape index (κ1) is 16.5. The number of hydrogen-bond donors (Lipinski definition) is 1. The Bertz CT molecular complexity index is 557. The van der Waals surface area contributed by atoms with E-state index in [9.17, 15) is 4.39 Å². The summed E-state index contributed by atoms with van der Waals surface area (Å²) in [6.45, 7) is 4.90. The minimum atomic E-state index is -0.363. The Morgan fingerprint density at radius 2 is 2.10 bits per heavy atom. The van der Waals surface area contributed by atoms with Gasteiger partial charge >= 0.3 is 0 Å². The van der Waals surface area contributed by atoms with Gasteiger partial charge in [0.15, 0.2) is 11.6 Å². The third-order valence-electron chi connectivity index (χ3n) is 2.62. The average Bonchev–Trinajstić information content (AvgIpc) is 2.80. The molecule has 0 aliphatic heterocycles. The van der Waals surface area contributed by atoms with Crippen molar-refractivity contribution in [1.82, 2.24) is 9.78 Å². The van der Waals surface area contributed by atoms with Crippen LogP contribution in [0.3, 0.4) is 0 Å². The Kier molecular flexibility index (Phi) is 5.98. The molecule has 0 radical (unpaired) electrons. The smallest absolute Gasteiger partial charge is 0.165 e. The SMILES string of the molecule is CC(C)Oc1ccc(-c2cnn(CCN)c2)cc1F.Cl. The summed E-state index contributed by atoms with van der Waals surface area (Å²) in [5.74, 6) is -0.0918. The van der Waals surface area contributed by atoms with Crippen molar-refractivity contribution in [2.75, 3.05) is 6.54 Å². The maximum Gasteiger partial charge on any atom is 0.165 e. The van der Waals surface area contributed by atoms with Crippen LogP contribution < -0.4 is 10.5 Å². The van der Waals surface area contributed by atoms with Crippen molar-refractivity contribution >= 4 is 12.4 Å². The van der Waals surface area contributed by atoms with E-state index in [1.54, 1.807) is 16.9 Å². The van der Waals surface area contributed by atoms with E-state index in [-0.39, 0.29) is 30.1 Å². The molecule has 1 aromatic heterocycles. The molecule has 2 N–H and O–H groups in total. The summed E-state index contributed by atoms with van der Waals surface area (Å²) < 4.78 is 21.0. The van der Waals surface area contributed by atoms with Gasteiger partial charge in [-0.05, 0) is 31.5 Å². The van der Waals surface area contributed by atoms with Gasteiger partial charge in [0, 0.05) is 18.3 Å². The van der Waals surface area contributed by atoms with Gasteiger partial charge < -0.3 is 10.5 Å². The highest BCUT2D eigenvalue weighted by molar-refractivity contribution is 5.85. The quantitative estimate of drug-likeness (QED) is 0.923. The highest BCUT2D eigenvalue weighted by Gasteiger charge is 2.09. The van der Waals surface area contributed by atoms with Gasteiger partial charge in [0.2, 0.25) is 0 Å². The molecule has 1 aromatic carbocycles. The van der Waals surface area contributed by atoms with Crippen molar-refractivity contribution in [3.63, 3.8) is 0 Å². The number of nitrogens with zero attached hydrogens (tertiary/aromatic N) is 2. The molecule has 20 heavy (non-hydrogen) atoms. The third-order valence-corrected chi connectivity index (χ3v) is 2.62. The summed E-state index contributed by atoms with van der Waals surface area (Å²) in [6, 6.07) is 4.93. The number of aromatic nitrogens is 2. The van der Waals surface area contributed by atoms with Gasteiger partial charge in [-0.2, -0.15) is 5.10 Å². The van der Waals surface area contributed by atoms with Crippen molar-refractivity contribution in [3.8, 4) is 16.9 Å². The molecule has 0 atom stereocenters. The van der Waals surface area contributed by atoms with Crippen molar-refractivity contribution < 1.29 is 9.13 Å². The molecule has 4 nitrogen and oxygen atoms in total. The van der Waals surface area contributed by atoms with Crippen LogP contribution >= 0.6 is 12.4 Å². The Hall–Kier alpha value is -1.59. The van der Waals surface area contributed by atoms with Gasteiger partial charge in [-0.25, -0.2) is 4.39 Å². The lowest BCUT2D eigenvalue weighted by Crippen LogP contribution is -2.09. The molecule has 0 bridgehead atoms. The average molecular weight is 300 g/mol. The molecule has 2 rings (SSSR count). The first-order valence-electron chi connectivity index (χ1n) is 6.29. The summed E-state index contributed by atoms with van der Waals surface area (Å²) >= 11 is 0. The minimum Gasteiger partial charge on any atom is -0.488 e. The van der Waals surface area contributed by atoms with Gasteiger partial charge in [0.1, 0.15) is 0 Å². The summed E-state index contributed by atoms with van der Waals surface area (Å²) in [7, 11) is 0. The van der Waals surface area contributed by atoms with E-state index in [1.807, 2.05) is 26.1 Å². The Labute approximate surface area is 124 Å². The van der Waals surface area contributed by atoms with Crippen LogP contribution in [0.2, 0.25) is 0 Å². The summed E-state index contributed by atoms with van der Waals surface area (Å²) in [5.41, 5.74) is 7.10. The maximum atomic E-state index is 13.9. The van der Waals surface area contributed by atoms with Crippen LogP contribution in [-0.4, -0.2) is 22.4 Å². The van der Waals surface area contributed by atoms with Gasteiger partial charge in [0.05, 0.1) is 18.8 Å². The van der Waals surface area contributed by atoms with E-state index >= 15 is 0 Å². The van der Waals surface area contributed by atoms with Gasteiger partial charge in [-0.1, -0.05) is 6.07 Å². The predicted octanol–water partition coefficient (Wildman–Crippen LogP) is 2.86. The van der Waals surface area contributed by atoms with Crippen LogP contribution in [0.4, 0.5) is 4.39 Å². The second kappa shape index (κ2) is 7.26. The molecule has 0 aliphatic carbocycles. The fourth-order valence-electron chi connectivity index (χ4n) is 1.80. The number of hydrogen-bond acceptors (Lipinski definition) is 3. The predicted molar refractivity (Wildman–Crippen MR) is 79.7 cm³/mol. The van der Waals surface area contributed by atoms with E-state index in [0.717, 1.165) is 11.1 Å². The van der Waals surface area contributed by atoms with E-state index in [4.69, 9.17) is 10.5 Å². The number of rotatable bonds is 5. The van der Waals surface area contributed by atoms with Crippen molar-refractivity contribution in [1.29, 1.82) is 0 Å². The normalized spacial score (nSPS) is 10.4. The molecule has 0 saturated carbocycles. The second-order valence-electron chi connectivity index (χ2n) is 4.59. The van der Waals surface area contributed by atoms with Crippen molar-refractivity contribution in [2.45, 2.75) is 26.5 Å². The lowest BCUT2D eigenvalue weighted by atomic mass is 10.1. The zero-order chi connectivity index (χ0) is 13.8. The molecular weight excluding hydrogens is 281 g/mol. The molecule has 0 spiro atoms. The molecule has 110 valence electrons. The van der Waals surface area contributed by atoms with E-state index in [0.29, 0.717) is 13.1 Å². The molecule has 2 aromatic rings. The highest BCUT2D eigenvalue weighted by atomic mass is 35.5. The molecule has 0 amide bonds. The topological polar surface area (TPSA) is 53.1 Å². The summed E-state index contributed by atoms with van der Waals surface area (Å²) in [5, 5.41) is 4.17. The summed E-state index contributed by atoms with van der Waals surface area (Å²) in [4.78, 5) is 0. The lowest BCUT2D eigenvalue weighted by molar-refractivity contribution is 0.231. The number of halogens is 2. The van der Waals surface area contributed by atoms with Gasteiger partial charge in [-0.15, -0.1) is 12.4 Å². The minimum absolute atomic E-state index is 0.